The predicted molar refractivity (Wildman–Crippen MR) is 74.1 cm³/mol. The van der Waals surface area contributed by atoms with Crippen molar-refractivity contribution in [1.82, 2.24) is 10.2 Å². The molecule has 0 heterocycles. The molecule has 1 atom stereocenters. The van der Waals surface area contributed by atoms with Crippen LogP contribution in [-0.2, 0) is 4.79 Å². The Kier molecular flexibility index (Phi) is 6.67. The van der Waals surface area contributed by atoms with Crippen molar-refractivity contribution in [2.45, 2.75) is 58.4 Å². The minimum atomic E-state index is -0.915. The minimum absolute atomic E-state index is 0.126. The normalized spacial score (nSPS) is 15.9. The van der Waals surface area contributed by atoms with E-state index < -0.39 is 12.0 Å². The number of hydrogen-bond acceptors (Lipinski definition) is 2. The van der Waals surface area contributed by atoms with Gasteiger partial charge in [0.1, 0.15) is 6.04 Å². The molecule has 1 unspecified atom stereocenters. The maximum absolute atomic E-state index is 12.2. The number of carboxylic acid groups (broad SMARTS) is 1. The van der Waals surface area contributed by atoms with Crippen molar-refractivity contribution in [2.24, 2.45) is 5.92 Å². The largest absolute Gasteiger partial charge is 0.480 e. The van der Waals surface area contributed by atoms with Gasteiger partial charge in [-0.1, -0.05) is 26.7 Å². The summed E-state index contributed by atoms with van der Waals surface area (Å²) in [6.07, 6.45) is 5.78. The number of nitrogens with zero attached hydrogens (tertiary/aromatic N) is 1. The number of amides is 2. The van der Waals surface area contributed by atoms with Crippen LogP contribution in [0, 0.1) is 5.92 Å². The van der Waals surface area contributed by atoms with Crippen LogP contribution in [-0.4, -0.2) is 41.1 Å². The van der Waals surface area contributed by atoms with Gasteiger partial charge in [0, 0.05) is 13.1 Å². The highest BCUT2D eigenvalue weighted by atomic mass is 16.4. The smallest absolute Gasteiger partial charge is 0.326 e. The third-order valence-electron chi connectivity index (χ3n) is 3.49. The Hall–Kier alpha value is -1.26. The Labute approximate surface area is 115 Å². The third kappa shape index (κ3) is 5.49. The lowest BCUT2D eigenvalue weighted by Gasteiger charge is -2.25. The van der Waals surface area contributed by atoms with E-state index in [1.54, 1.807) is 4.90 Å². The molecule has 1 fully saturated rings. The van der Waals surface area contributed by atoms with E-state index in [9.17, 15) is 9.59 Å². The van der Waals surface area contributed by atoms with E-state index in [-0.39, 0.29) is 11.9 Å². The number of carboxylic acids is 1. The molecule has 110 valence electrons. The number of unbranched alkanes of at least 4 members (excludes halogenated alkanes) is 2. The molecule has 5 nitrogen and oxygen atoms in total. The summed E-state index contributed by atoms with van der Waals surface area (Å²) in [6, 6.07) is -0.931. The molecule has 0 spiro atoms. The average molecular weight is 270 g/mol. The molecule has 0 aliphatic heterocycles. The summed E-state index contributed by atoms with van der Waals surface area (Å²) in [7, 11) is 0. The maximum atomic E-state index is 12.2. The lowest BCUT2D eigenvalue weighted by molar-refractivity contribution is -0.139. The molecular formula is C14H26N2O3. The van der Waals surface area contributed by atoms with Crippen LogP contribution >= 0.6 is 0 Å². The molecule has 0 aromatic carbocycles. The maximum Gasteiger partial charge on any atom is 0.326 e. The van der Waals surface area contributed by atoms with Gasteiger partial charge in [-0.05, 0) is 31.6 Å². The Bertz CT molecular complexity index is 295. The van der Waals surface area contributed by atoms with Crippen LogP contribution in [0.4, 0.5) is 4.79 Å². The summed E-state index contributed by atoms with van der Waals surface area (Å²) in [4.78, 5) is 25.0. The van der Waals surface area contributed by atoms with Gasteiger partial charge in [-0.3, -0.25) is 0 Å². The monoisotopic (exact) mass is 270 g/mol. The predicted octanol–water partition coefficient (Wildman–Crippen LogP) is 2.46. The number of carbonyl (C=O) groups is 2. The second-order valence-electron chi connectivity index (χ2n) is 5.30. The summed E-state index contributed by atoms with van der Waals surface area (Å²) in [5.74, 6) is -0.789. The fourth-order valence-electron chi connectivity index (χ4n) is 2.05. The average Bonchev–Trinajstić information content (AvgIpc) is 3.19. The van der Waals surface area contributed by atoms with Gasteiger partial charge in [-0.2, -0.15) is 0 Å². The van der Waals surface area contributed by atoms with Gasteiger partial charge in [0.15, 0.2) is 0 Å². The van der Waals surface area contributed by atoms with Crippen molar-refractivity contribution in [1.29, 1.82) is 0 Å². The van der Waals surface area contributed by atoms with E-state index in [0.717, 1.165) is 38.5 Å². The van der Waals surface area contributed by atoms with Gasteiger partial charge in [0.05, 0.1) is 0 Å². The van der Waals surface area contributed by atoms with Gasteiger partial charge >= 0.3 is 12.0 Å². The summed E-state index contributed by atoms with van der Waals surface area (Å²) < 4.78 is 0. The van der Waals surface area contributed by atoms with E-state index in [1.165, 1.54) is 0 Å². The van der Waals surface area contributed by atoms with Crippen molar-refractivity contribution < 1.29 is 14.7 Å². The summed E-state index contributed by atoms with van der Waals surface area (Å²) in [5.41, 5.74) is 0. The summed E-state index contributed by atoms with van der Waals surface area (Å²) in [5, 5.41) is 11.8. The number of carbonyl (C=O) groups excluding carboxylic acids is 1. The van der Waals surface area contributed by atoms with Crippen LogP contribution in [0.25, 0.3) is 0 Å². The zero-order valence-corrected chi connectivity index (χ0v) is 12.0. The molecule has 0 aromatic rings. The van der Waals surface area contributed by atoms with E-state index in [1.807, 2.05) is 0 Å². The highest BCUT2D eigenvalue weighted by Gasteiger charge is 2.37. The second-order valence-corrected chi connectivity index (χ2v) is 5.30. The van der Waals surface area contributed by atoms with Crippen LogP contribution in [0.2, 0.25) is 0 Å². The zero-order valence-electron chi connectivity index (χ0n) is 12.0. The van der Waals surface area contributed by atoms with Gasteiger partial charge in [0.25, 0.3) is 0 Å². The van der Waals surface area contributed by atoms with E-state index in [2.05, 4.69) is 19.2 Å². The zero-order chi connectivity index (χ0) is 14.3. The summed E-state index contributed by atoms with van der Waals surface area (Å²) in [6.45, 7) is 5.58. The molecule has 2 N–H and O–H groups in total. The summed E-state index contributed by atoms with van der Waals surface area (Å²) >= 11 is 0. The van der Waals surface area contributed by atoms with E-state index in [0.29, 0.717) is 13.1 Å². The van der Waals surface area contributed by atoms with Gasteiger partial charge in [-0.25, -0.2) is 9.59 Å². The molecular weight excluding hydrogens is 244 g/mol. The lowest BCUT2D eigenvalue weighted by Crippen LogP contribution is -2.49. The molecule has 19 heavy (non-hydrogen) atoms. The van der Waals surface area contributed by atoms with Crippen molar-refractivity contribution in [3.63, 3.8) is 0 Å². The van der Waals surface area contributed by atoms with Gasteiger partial charge in [0.2, 0.25) is 0 Å². The first-order valence-corrected chi connectivity index (χ1v) is 7.38. The van der Waals surface area contributed by atoms with Crippen molar-refractivity contribution in [3.05, 3.63) is 0 Å². The fourth-order valence-corrected chi connectivity index (χ4v) is 2.05. The number of rotatable bonds is 9. The minimum Gasteiger partial charge on any atom is -0.480 e. The quantitative estimate of drug-likeness (QED) is 0.676. The molecule has 1 saturated carbocycles. The molecule has 0 radical (unpaired) electrons. The van der Waals surface area contributed by atoms with Crippen LogP contribution in [0.1, 0.15) is 52.4 Å². The van der Waals surface area contributed by atoms with Gasteiger partial charge in [-0.15, -0.1) is 0 Å². The van der Waals surface area contributed by atoms with Crippen molar-refractivity contribution >= 4 is 12.0 Å². The molecule has 5 heteroatoms. The molecule has 1 rings (SSSR count). The molecule has 0 saturated heterocycles. The number of hydrogen-bond donors (Lipinski definition) is 2. The SMILES string of the molecule is CCCCN(CCCC)C(=O)NC(C(=O)O)C1CC1. The highest BCUT2D eigenvalue weighted by Crippen LogP contribution is 2.32. The van der Waals surface area contributed by atoms with Crippen LogP contribution < -0.4 is 5.32 Å². The van der Waals surface area contributed by atoms with Gasteiger partial charge < -0.3 is 15.3 Å². The van der Waals surface area contributed by atoms with Crippen molar-refractivity contribution in [2.75, 3.05) is 13.1 Å². The number of urea groups is 1. The van der Waals surface area contributed by atoms with E-state index in [4.69, 9.17) is 5.11 Å². The second kappa shape index (κ2) is 8.02. The third-order valence-corrected chi connectivity index (χ3v) is 3.49. The standard InChI is InChI=1S/C14H26N2O3/c1-3-5-9-16(10-6-4-2)14(19)15-12(13(17)18)11-7-8-11/h11-12H,3-10H2,1-2H3,(H,15,19)(H,17,18). The van der Waals surface area contributed by atoms with Crippen molar-refractivity contribution in [3.8, 4) is 0 Å². The lowest BCUT2D eigenvalue weighted by atomic mass is 10.2. The van der Waals surface area contributed by atoms with Crippen LogP contribution in [0.15, 0.2) is 0 Å². The Morgan fingerprint density at radius 3 is 2.11 bits per heavy atom. The topological polar surface area (TPSA) is 69.6 Å². The Balaban J connectivity index is 2.50. The first-order valence-electron chi connectivity index (χ1n) is 7.38. The molecule has 2 amide bonds. The molecule has 0 aromatic heterocycles. The fraction of sp³-hybridized carbons (Fsp3) is 0.857. The number of aliphatic carboxylic acids is 1. The Morgan fingerprint density at radius 1 is 1.21 bits per heavy atom. The first kappa shape index (κ1) is 15.8. The molecule has 1 aliphatic rings. The van der Waals surface area contributed by atoms with E-state index >= 15 is 0 Å². The Morgan fingerprint density at radius 2 is 1.74 bits per heavy atom. The molecule has 1 aliphatic carbocycles. The van der Waals surface area contributed by atoms with Crippen LogP contribution in [0.5, 0.6) is 0 Å². The van der Waals surface area contributed by atoms with Crippen LogP contribution in [0.3, 0.4) is 0 Å². The first-order chi connectivity index (χ1) is 9.10. The number of nitrogens with one attached hydrogen (secondary N) is 1. The highest BCUT2D eigenvalue weighted by molar-refractivity contribution is 5.83. The molecule has 0 bridgehead atoms.